The van der Waals surface area contributed by atoms with Crippen LogP contribution in [0, 0.1) is 17.6 Å². The molecule has 1 saturated carbocycles. The number of nitrogens with zero attached hydrogens (tertiary/aromatic N) is 2. The van der Waals surface area contributed by atoms with Crippen molar-refractivity contribution >= 4 is 11.6 Å². The molecule has 182 valence electrons. The highest BCUT2D eigenvalue weighted by molar-refractivity contribution is 5.69. The highest BCUT2D eigenvalue weighted by Crippen LogP contribution is 2.32. The first-order chi connectivity index (χ1) is 16.1. The molecule has 1 fully saturated rings. The first-order valence-electron chi connectivity index (χ1n) is 11.3. The number of carbonyl (C=O) groups is 1. The molecule has 2 heterocycles. The van der Waals surface area contributed by atoms with Gasteiger partial charge in [-0.2, -0.15) is 5.10 Å². The number of hydrogen-bond acceptors (Lipinski definition) is 5. The zero-order valence-electron chi connectivity index (χ0n) is 19.7. The number of benzene rings is 1. The Balaban J connectivity index is 1.42. The van der Waals surface area contributed by atoms with E-state index in [2.05, 4.69) is 10.4 Å². The van der Waals surface area contributed by atoms with E-state index in [1.165, 1.54) is 35.6 Å². The van der Waals surface area contributed by atoms with E-state index in [-0.39, 0.29) is 35.2 Å². The van der Waals surface area contributed by atoms with E-state index in [0.29, 0.717) is 18.3 Å². The average Bonchev–Trinajstić information content (AvgIpc) is 3.52. The summed E-state index contributed by atoms with van der Waals surface area (Å²) in [6.45, 7) is 7.78. The number of nitrogens with one attached hydrogen (secondary N) is 1. The van der Waals surface area contributed by atoms with Crippen LogP contribution in [0.5, 0.6) is 11.5 Å². The summed E-state index contributed by atoms with van der Waals surface area (Å²) in [6.07, 6.45) is 3.37. The Kier molecular flexibility index (Phi) is 6.63. The molecule has 1 amide bonds. The molecule has 1 aliphatic rings. The first-order valence-corrected chi connectivity index (χ1v) is 11.3. The predicted octanol–water partition coefficient (Wildman–Crippen LogP) is 5.36. The van der Waals surface area contributed by atoms with Gasteiger partial charge in [-0.3, -0.25) is 0 Å². The Bertz CT molecular complexity index is 1180. The van der Waals surface area contributed by atoms with Crippen molar-refractivity contribution in [1.82, 2.24) is 14.9 Å². The molecule has 0 bridgehead atoms. The van der Waals surface area contributed by atoms with E-state index in [1.807, 2.05) is 0 Å². The van der Waals surface area contributed by atoms with E-state index in [1.54, 1.807) is 46.0 Å². The van der Waals surface area contributed by atoms with Crippen LogP contribution in [0.2, 0.25) is 0 Å². The van der Waals surface area contributed by atoms with Gasteiger partial charge in [0.1, 0.15) is 40.7 Å². The van der Waals surface area contributed by atoms with Crippen LogP contribution in [-0.2, 0) is 4.74 Å². The smallest absolute Gasteiger partial charge is 0.407 e. The second-order valence-corrected chi connectivity index (χ2v) is 9.61. The molecule has 1 N–H and O–H groups in total. The number of halogens is 2. The summed E-state index contributed by atoms with van der Waals surface area (Å²) in [5.74, 6) is 0.145. The molecule has 3 aromatic rings. The lowest BCUT2D eigenvalue weighted by Gasteiger charge is -2.22. The number of carbonyl (C=O) groups excluding carboxylic acids is 1. The lowest BCUT2D eigenvalue weighted by Crippen LogP contribution is -2.40. The number of ether oxygens (including phenoxy) is 3. The van der Waals surface area contributed by atoms with Crippen molar-refractivity contribution in [1.29, 1.82) is 0 Å². The molecule has 1 aromatic carbocycles. The van der Waals surface area contributed by atoms with Crippen LogP contribution in [0.15, 0.2) is 36.5 Å². The van der Waals surface area contributed by atoms with E-state index in [9.17, 15) is 13.6 Å². The number of fused-ring (bicyclic) bond motifs is 1. The van der Waals surface area contributed by atoms with Crippen molar-refractivity contribution in [3.05, 3.63) is 48.2 Å². The van der Waals surface area contributed by atoms with Crippen LogP contribution in [0.4, 0.5) is 13.6 Å². The summed E-state index contributed by atoms with van der Waals surface area (Å²) < 4.78 is 47.7. The minimum atomic E-state index is -0.669. The molecule has 1 atom stereocenters. The number of rotatable bonds is 8. The normalized spacial score (nSPS) is 14.6. The minimum Gasteiger partial charge on any atom is -0.492 e. The van der Waals surface area contributed by atoms with Gasteiger partial charge >= 0.3 is 6.09 Å². The van der Waals surface area contributed by atoms with Gasteiger partial charge in [0.2, 0.25) is 0 Å². The van der Waals surface area contributed by atoms with Crippen LogP contribution in [0.3, 0.4) is 0 Å². The second-order valence-electron chi connectivity index (χ2n) is 9.61. The highest BCUT2D eigenvalue weighted by atomic mass is 19.1. The molecule has 1 aliphatic carbocycles. The molecule has 0 saturated heterocycles. The van der Waals surface area contributed by atoms with Gasteiger partial charge in [0, 0.05) is 11.6 Å². The maximum atomic E-state index is 15.0. The Morgan fingerprint density at radius 3 is 2.59 bits per heavy atom. The van der Waals surface area contributed by atoms with Gasteiger partial charge in [-0.05, 0) is 70.7 Å². The first kappa shape index (κ1) is 23.8. The molecule has 0 aliphatic heterocycles. The van der Waals surface area contributed by atoms with E-state index in [0.717, 1.165) is 0 Å². The Morgan fingerprint density at radius 2 is 1.91 bits per heavy atom. The van der Waals surface area contributed by atoms with Gasteiger partial charge in [0.25, 0.3) is 0 Å². The van der Waals surface area contributed by atoms with Gasteiger partial charge in [-0.15, -0.1) is 0 Å². The van der Waals surface area contributed by atoms with Gasteiger partial charge in [0.15, 0.2) is 5.82 Å². The summed E-state index contributed by atoms with van der Waals surface area (Å²) in [6, 6.07) is 7.01. The number of amides is 1. The molecule has 7 nitrogen and oxygen atoms in total. The highest BCUT2D eigenvalue weighted by Gasteiger charge is 2.23. The molecule has 4 rings (SSSR count). The summed E-state index contributed by atoms with van der Waals surface area (Å²) in [7, 11) is 0. The standard InChI is InChI=1S/C25H29F2N3O4/c1-15(28-24(31)34-25(2,3)4)13-32-17-7-9-19(20(26)11-17)23-22(27)21-10-8-18(12-30(21)29-23)33-14-16-5-6-16/h7-12,15-16H,5-6,13-14H2,1-4H3,(H,28,31)/t15-/m0/s1. The predicted molar refractivity (Wildman–Crippen MR) is 123 cm³/mol. The summed E-state index contributed by atoms with van der Waals surface area (Å²) >= 11 is 0. The number of hydrogen-bond donors (Lipinski definition) is 1. The Hall–Kier alpha value is -3.36. The summed E-state index contributed by atoms with van der Waals surface area (Å²) in [5.41, 5.74) is -0.449. The van der Waals surface area contributed by atoms with Gasteiger partial charge in [-0.25, -0.2) is 18.1 Å². The number of alkyl carbamates (subject to hydrolysis) is 1. The minimum absolute atomic E-state index is 0.0222. The van der Waals surface area contributed by atoms with Crippen molar-refractivity contribution in [2.45, 2.75) is 52.2 Å². The maximum absolute atomic E-state index is 15.0. The van der Waals surface area contributed by atoms with Gasteiger partial charge in [-0.1, -0.05) is 0 Å². The fraction of sp³-hybridized carbons (Fsp3) is 0.440. The van der Waals surface area contributed by atoms with Crippen LogP contribution in [-0.4, -0.2) is 40.6 Å². The third-order valence-corrected chi connectivity index (χ3v) is 5.18. The molecular formula is C25H29F2N3O4. The quantitative estimate of drug-likeness (QED) is 0.477. The SMILES string of the molecule is C[C@@H](COc1ccc(-c2nn3cc(OCC4CC4)ccc3c2F)c(F)c1)NC(=O)OC(C)(C)C. The molecule has 34 heavy (non-hydrogen) atoms. The van der Waals surface area contributed by atoms with Crippen molar-refractivity contribution in [2.75, 3.05) is 13.2 Å². The van der Waals surface area contributed by atoms with Crippen molar-refractivity contribution in [3.8, 4) is 22.8 Å². The molecule has 0 unspecified atom stereocenters. The monoisotopic (exact) mass is 473 g/mol. The van der Waals surface area contributed by atoms with Crippen molar-refractivity contribution in [3.63, 3.8) is 0 Å². The fourth-order valence-corrected chi connectivity index (χ4v) is 3.31. The third kappa shape index (κ3) is 5.95. The van der Waals surface area contributed by atoms with E-state index < -0.39 is 23.3 Å². The van der Waals surface area contributed by atoms with E-state index in [4.69, 9.17) is 14.2 Å². The summed E-state index contributed by atoms with van der Waals surface area (Å²) in [5, 5.41) is 6.88. The molecule has 0 radical (unpaired) electrons. The van der Waals surface area contributed by atoms with Gasteiger partial charge in [0.05, 0.1) is 18.8 Å². The molecule has 2 aromatic heterocycles. The van der Waals surface area contributed by atoms with Crippen molar-refractivity contribution < 1.29 is 27.8 Å². The topological polar surface area (TPSA) is 74.1 Å². The lowest BCUT2D eigenvalue weighted by molar-refractivity contribution is 0.0494. The average molecular weight is 474 g/mol. The largest absolute Gasteiger partial charge is 0.492 e. The van der Waals surface area contributed by atoms with Crippen LogP contribution < -0.4 is 14.8 Å². The number of pyridine rings is 1. The fourth-order valence-electron chi connectivity index (χ4n) is 3.31. The molecular weight excluding hydrogens is 444 g/mol. The molecule has 9 heteroatoms. The van der Waals surface area contributed by atoms with Crippen LogP contribution >= 0.6 is 0 Å². The number of aromatic nitrogens is 2. The van der Waals surface area contributed by atoms with Crippen molar-refractivity contribution in [2.24, 2.45) is 5.92 Å². The zero-order chi connectivity index (χ0) is 24.5. The van der Waals surface area contributed by atoms with Gasteiger partial charge < -0.3 is 19.5 Å². The van der Waals surface area contributed by atoms with Crippen LogP contribution in [0.1, 0.15) is 40.5 Å². The zero-order valence-corrected chi connectivity index (χ0v) is 19.7. The Morgan fingerprint density at radius 1 is 1.18 bits per heavy atom. The Labute approximate surface area is 197 Å². The van der Waals surface area contributed by atoms with E-state index >= 15 is 0 Å². The lowest BCUT2D eigenvalue weighted by atomic mass is 10.1. The molecule has 0 spiro atoms. The third-order valence-electron chi connectivity index (χ3n) is 5.18. The summed E-state index contributed by atoms with van der Waals surface area (Å²) in [4.78, 5) is 11.8. The maximum Gasteiger partial charge on any atom is 0.407 e. The second kappa shape index (κ2) is 9.48. The van der Waals surface area contributed by atoms with Crippen LogP contribution in [0.25, 0.3) is 16.8 Å².